The number of nitrogens with zero attached hydrogens (tertiary/aromatic N) is 5. The number of aryl methyl sites for hydroxylation is 3. The summed E-state index contributed by atoms with van der Waals surface area (Å²) >= 11 is 0. The number of rotatable bonds is 6. The average Bonchev–Trinajstić information content (AvgIpc) is 2.91. The Labute approximate surface area is 115 Å². The molecule has 2 heterocycles. The largest absolute Gasteiger partial charge is 0.357 e. The van der Waals surface area contributed by atoms with E-state index in [2.05, 4.69) is 20.6 Å². The number of anilines is 1. The third-order valence-corrected chi connectivity index (χ3v) is 2.74. The van der Waals surface area contributed by atoms with E-state index in [1.165, 1.54) is 4.68 Å². The number of nitrogens with one attached hydrogen (secondary N) is 1. The first-order valence-electron chi connectivity index (χ1n) is 6.26. The smallest absolute Gasteiger partial charge is 0.334 e. The van der Waals surface area contributed by atoms with Crippen LogP contribution in [0.4, 0.5) is 11.5 Å². The molecule has 0 saturated heterocycles. The molecule has 0 aliphatic heterocycles. The maximum Gasteiger partial charge on any atom is 0.334 e. The van der Waals surface area contributed by atoms with Crippen molar-refractivity contribution in [3.05, 3.63) is 27.5 Å². The summed E-state index contributed by atoms with van der Waals surface area (Å²) in [4.78, 5) is 14.8. The van der Waals surface area contributed by atoms with Gasteiger partial charge in [0.05, 0.1) is 11.5 Å². The van der Waals surface area contributed by atoms with Crippen LogP contribution in [0.5, 0.6) is 0 Å². The lowest BCUT2D eigenvalue weighted by Gasteiger charge is -2.02. The molecule has 9 nitrogen and oxygen atoms in total. The van der Waals surface area contributed by atoms with Crippen molar-refractivity contribution in [1.82, 2.24) is 19.9 Å². The molecule has 0 aliphatic carbocycles. The van der Waals surface area contributed by atoms with Gasteiger partial charge in [0.2, 0.25) is 11.7 Å². The first kappa shape index (κ1) is 14.0. The SMILES string of the molecule is CCCc1nn(C)c(NCc2noc(C)n2)c1[N+](=O)[O-]. The lowest BCUT2D eigenvalue weighted by Crippen LogP contribution is -2.07. The van der Waals surface area contributed by atoms with E-state index in [1.807, 2.05) is 6.92 Å². The highest BCUT2D eigenvalue weighted by Crippen LogP contribution is 2.29. The van der Waals surface area contributed by atoms with Gasteiger partial charge < -0.3 is 9.84 Å². The van der Waals surface area contributed by atoms with Gasteiger partial charge in [-0.25, -0.2) is 4.68 Å². The van der Waals surface area contributed by atoms with Crippen molar-refractivity contribution in [3.63, 3.8) is 0 Å². The third kappa shape index (κ3) is 2.76. The molecule has 2 aromatic heterocycles. The molecule has 0 radical (unpaired) electrons. The number of aromatic nitrogens is 4. The van der Waals surface area contributed by atoms with Gasteiger partial charge in [-0.3, -0.25) is 10.1 Å². The van der Waals surface area contributed by atoms with Crippen LogP contribution in [-0.4, -0.2) is 24.8 Å². The second-order valence-corrected chi connectivity index (χ2v) is 4.36. The second-order valence-electron chi connectivity index (χ2n) is 4.36. The van der Waals surface area contributed by atoms with Gasteiger partial charge in [-0.05, 0) is 6.42 Å². The standard InChI is InChI=1S/C11H16N6O3/c1-4-5-8-10(17(18)19)11(16(3)14-8)12-6-9-13-7(2)20-15-9/h12H,4-6H2,1-3H3. The molecule has 0 saturated carbocycles. The second kappa shape index (κ2) is 5.68. The zero-order chi connectivity index (χ0) is 14.7. The minimum Gasteiger partial charge on any atom is -0.357 e. The van der Waals surface area contributed by atoms with E-state index < -0.39 is 4.92 Å². The number of hydrogen-bond acceptors (Lipinski definition) is 7. The van der Waals surface area contributed by atoms with Crippen LogP contribution in [0.3, 0.4) is 0 Å². The Bertz CT molecular complexity index is 618. The summed E-state index contributed by atoms with van der Waals surface area (Å²) in [7, 11) is 1.66. The summed E-state index contributed by atoms with van der Waals surface area (Å²) in [6.07, 6.45) is 1.36. The normalized spacial score (nSPS) is 10.8. The lowest BCUT2D eigenvalue weighted by molar-refractivity contribution is -0.384. The van der Waals surface area contributed by atoms with E-state index in [9.17, 15) is 10.1 Å². The minimum atomic E-state index is -0.415. The van der Waals surface area contributed by atoms with E-state index in [0.717, 1.165) is 6.42 Å². The molecule has 0 aliphatic rings. The van der Waals surface area contributed by atoms with Crippen LogP contribution in [0.2, 0.25) is 0 Å². The molecule has 2 rings (SSSR count). The molecule has 0 amide bonds. The summed E-state index contributed by atoms with van der Waals surface area (Å²) in [6.45, 7) is 3.87. The Balaban J connectivity index is 2.23. The fraction of sp³-hybridized carbons (Fsp3) is 0.545. The highest BCUT2D eigenvalue weighted by atomic mass is 16.6. The first-order valence-corrected chi connectivity index (χ1v) is 6.26. The predicted octanol–water partition coefficient (Wildman–Crippen LogP) is 1.58. The van der Waals surface area contributed by atoms with Crippen LogP contribution in [0, 0.1) is 17.0 Å². The van der Waals surface area contributed by atoms with Gasteiger partial charge in [-0.1, -0.05) is 18.5 Å². The van der Waals surface area contributed by atoms with Gasteiger partial charge in [-0.2, -0.15) is 10.1 Å². The molecule has 0 fully saturated rings. The quantitative estimate of drug-likeness (QED) is 0.631. The van der Waals surface area contributed by atoms with Gasteiger partial charge in [0.1, 0.15) is 5.69 Å². The third-order valence-electron chi connectivity index (χ3n) is 2.74. The molecule has 108 valence electrons. The summed E-state index contributed by atoms with van der Waals surface area (Å²) in [5.74, 6) is 1.24. The molecule has 20 heavy (non-hydrogen) atoms. The molecule has 0 aromatic carbocycles. The maximum absolute atomic E-state index is 11.2. The lowest BCUT2D eigenvalue weighted by atomic mass is 10.2. The van der Waals surface area contributed by atoms with Crippen molar-refractivity contribution < 1.29 is 9.45 Å². The Morgan fingerprint density at radius 2 is 2.25 bits per heavy atom. The molecule has 0 bridgehead atoms. The zero-order valence-electron chi connectivity index (χ0n) is 11.6. The molecule has 0 spiro atoms. The van der Waals surface area contributed by atoms with Gasteiger partial charge >= 0.3 is 5.69 Å². The van der Waals surface area contributed by atoms with Crippen LogP contribution in [0.25, 0.3) is 0 Å². The molecule has 2 aromatic rings. The van der Waals surface area contributed by atoms with Crippen LogP contribution in [0.15, 0.2) is 4.52 Å². The zero-order valence-corrected chi connectivity index (χ0v) is 11.6. The van der Waals surface area contributed by atoms with E-state index in [0.29, 0.717) is 29.6 Å². The van der Waals surface area contributed by atoms with Crippen molar-refractivity contribution in [2.45, 2.75) is 33.2 Å². The Morgan fingerprint density at radius 1 is 1.50 bits per heavy atom. The predicted molar refractivity (Wildman–Crippen MR) is 70.2 cm³/mol. The summed E-state index contributed by atoms with van der Waals surface area (Å²) in [6, 6.07) is 0. The van der Waals surface area contributed by atoms with E-state index in [4.69, 9.17) is 4.52 Å². The first-order chi connectivity index (χ1) is 9.52. The van der Waals surface area contributed by atoms with Crippen molar-refractivity contribution in [2.24, 2.45) is 7.05 Å². The number of nitro groups is 1. The fourth-order valence-electron chi connectivity index (χ4n) is 1.94. The Morgan fingerprint density at radius 3 is 2.80 bits per heavy atom. The highest BCUT2D eigenvalue weighted by molar-refractivity contribution is 5.59. The maximum atomic E-state index is 11.2. The van der Waals surface area contributed by atoms with Crippen molar-refractivity contribution >= 4 is 11.5 Å². The minimum absolute atomic E-state index is 0.00886. The summed E-state index contributed by atoms with van der Waals surface area (Å²) in [5, 5.41) is 22.1. The Hall–Kier alpha value is -2.45. The number of hydrogen-bond donors (Lipinski definition) is 1. The molecule has 0 unspecified atom stereocenters. The summed E-state index contributed by atoms with van der Waals surface area (Å²) in [5.41, 5.74) is 0.487. The van der Waals surface area contributed by atoms with Crippen LogP contribution in [-0.2, 0) is 20.0 Å². The highest BCUT2D eigenvalue weighted by Gasteiger charge is 2.26. The monoisotopic (exact) mass is 280 g/mol. The van der Waals surface area contributed by atoms with Crippen LogP contribution < -0.4 is 5.32 Å². The fourth-order valence-corrected chi connectivity index (χ4v) is 1.94. The molecule has 9 heteroatoms. The van der Waals surface area contributed by atoms with Crippen LogP contribution >= 0.6 is 0 Å². The van der Waals surface area contributed by atoms with Gasteiger partial charge in [0, 0.05) is 14.0 Å². The molecular formula is C11H16N6O3. The van der Waals surface area contributed by atoms with Crippen molar-refractivity contribution in [3.8, 4) is 0 Å². The van der Waals surface area contributed by atoms with Gasteiger partial charge in [-0.15, -0.1) is 0 Å². The Kier molecular flexibility index (Phi) is 3.97. The van der Waals surface area contributed by atoms with E-state index in [-0.39, 0.29) is 12.2 Å². The molecule has 1 N–H and O–H groups in total. The van der Waals surface area contributed by atoms with Gasteiger partial charge in [0.25, 0.3) is 0 Å². The van der Waals surface area contributed by atoms with Crippen LogP contribution in [0.1, 0.15) is 30.8 Å². The average molecular weight is 280 g/mol. The van der Waals surface area contributed by atoms with Gasteiger partial charge in [0.15, 0.2) is 5.82 Å². The summed E-state index contributed by atoms with van der Waals surface area (Å²) < 4.78 is 6.32. The van der Waals surface area contributed by atoms with E-state index in [1.54, 1.807) is 14.0 Å². The van der Waals surface area contributed by atoms with E-state index >= 15 is 0 Å². The molecule has 0 atom stereocenters. The topological polar surface area (TPSA) is 112 Å². The van der Waals surface area contributed by atoms with Crippen molar-refractivity contribution in [1.29, 1.82) is 0 Å². The molecular weight excluding hydrogens is 264 g/mol. The van der Waals surface area contributed by atoms with Crippen molar-refractivity contribution in [2.75, 3.05) is 5.32 Å².